The van der Waals surface area contributed by atoms with E-state index >= 15 is 0 Å². The smallest absolute Gasteiger partial charge is 0.255 e. The number of likely N-dealkylation sites (tertiary alicyclic amines) is 1. The summed E-state index contributed by atoms with van der Waals surface area (Å²) in [5, 5.41) is 6.68. The van der Waals surface area contributed by atoms with Gasteiger partial charge < -0.3 is 10.6 Å². The van der Waals surface area contributed by atoms with Crippen LogP contribution >= 0.6 is 0 Å². The SMILES string of the molecule is O=c1[nH]c(N[C@H]2CCN(Cc3ccccc3)C2)nc2c1CCNC2. The number of aromatic amines is 1. The molecule has 6 nitrogen and oxygen atoms in total. The molecule has 1 fully saturated rings. The predicted octanol–water partition coefficient (Wildman–Crippen LogP) is 1.10. The monoisotopic (exact) mass is 325 g/mol. The average Bonchev–Trinajstić information content (AvgIpc) is 3.03. The molecule has 2 aliphatic rings. The van der Waals surface area contributed by atoms with Gasteiger partial charge in [-0.05, 0) is 24.9 Å². The molecule has 6 heteroatoms. The zero-order chi connectivity index (χ0) is 16.4. The Morgan fingerprint density at radius 1 is 1.29 bits per heavy atom. The Hall–Kier alpha value is -2.18. The summed E-state index contributed by atoms with van der Waals surface area (Å²) in [7, 11) is 0. The molecular formula is C18H23N5O. The highest BCUT2D eigenvalue weighted by Crippen LogP contribution is 2.16. The third-order valence-electron chi connectivity index (χ3n) is 4.81. The molecule has 2 aliphatic heterocycles. The molecule has 1 aromatic carbocycles. The lowest BCUT2D eigenvalue weighted by Crippen LogP contribution is -2.33. The minimum Gasteiger partial charge on any atom is -0.352 e. The number of hydrogen-bond donors (Lipinski definition) is 3. The molecule has 3 N–H and O–H groups in total. The van der Waals surface area contributed by atoms with Crippen LogP contribution in [0, 0.1) is 0 Å². The van der Waals surface area contributed by atoms with Crippen LogP contribution in [0.5, 0.6) is 0 Å². The molecule has 0 bridgehead atoms. The molecule has 0 spiro atoms. The Bertz CT molecular complexity index is 758. The molecule has 1 aromatic heterocycles. The number of aromatic nitrogens is 2. The summed E-state index contributed by atoms with van der Waals surface area (Å²) in [6.07, 6.45) is 1.82. The highest BCUT2D eigenvalue weighted by atomic mass is 16.1. The molecule has 1 saturated heterocycles. The van der Waals surface area contributed by atoms with Gasteiger partial charge in [0.1, 0.15) is 0 Å². The van der Waals surface area contributed by atoms with Gasteiger partial charge in [0.2, 0.25) is 5.95 Å². The van der Waals surface area contributed by atoms with Crippen molar-refractivity contribution in [3.8, 4) is 0 Å². The number of rotatable bonds is 4. The summed E-state index contributed by atoms with van der Waals surface area (Å²) < 4.78 is 0. The molecule has 3 heterocycles. The Morgan fingerprint density at radius 2 is 2.17 bits per heavy atom. The van der Waals surface area contributed by atoms with Crippen LogP contribution in [-0.4, -0.2) is 40.5 Å². The van der Waals surface area contributed by atoms with Gasteiger partial charge in [0.05, 0.1) is 5.69 Å². The van der Waals surface area contributed by atoms with Crippen molar-refractivity contribution >= 4 is 5.95 Å². The molecule has 126 valence electrons. The van der Waals surface area contributed by atoms with Crippen molar-refractivity contribution in [1.82, 2.24) is 20.2 Å². The number of anilines is 1. The fraction of sp³-hybridized carbons (Fsp3) is 0.444. The van der Waals surface area contributed by atoms with Crippen molar-refractivity contribution in [2.75, 3.05) is 25.0 Å². The summed E-state index contributed by atoms with van der Waals surface area (Å²) >= 11 is 0. The van der Waals surface area contributed by atoms with Gasteiger partial charge >= 0.3 is 0 Å². The number of fused-ring (bicyclic) bond motifs is 1. The predicted molar refractivity (Wildman–Crippen MR) is 94.0 cm³/mol. The fourth-order valence-corrected chi connectivity index (χ4v) is 3.57. The largest absolute Gasteiger partial charge is 0.352 e. The summed E-state index contributed by atoms with van der Waals surface area (Å²) in [6.45, 7) is 4.52. The molecule has 24 heavy (non-hydrogen) atoms. The summed E-state index contributed by atoms with van der Waals surface area (Å²) in [5.41, 5.74) is 3.05. The van der Waals surface area contributed by atoms with Crippen molar-refractivity contribution in [3.63, 3.8) is 0 Å². The standard InChI is InChI=1S/C18H23N5O/c24-17-15-6-8-19-10-16(15)21-18(22-17)20-14-7-9-23(12-14)11-13-4-2-1-3-5-13/h1-5,14,19H,6-12H2,(H2,20,21,22,24)/t14-/m0/s1. The Balaban J connectivity index is 1.40. The Morgan fingerprint density at radius 3 is 3.04 bits per heavy atom. The van der Waals surface area contributed by atoms with E-state index < -0.39 is 0 Å². The summed E-state index contributed by atoms with van der Waals surface area (Å²) in [6, 6.07) is 10.9. The van der Waals surface area contributed by atoms with E-state index in [2.05, 4.69) is 49.8 Å². The average molecular weight is 325 g/mol. The lowest BCUT2D eigenvalue weighted by atomic mass is 10.1. The van der Waals surface area contributed by atoms with Gasteiger partial charge in [-0.1, -0.05) is 30.3 Å². The molecule has 0 radical (unpaired) electrons. The van der Waals surface area contributed by atoms with Crippen molar-refractivity contribution in [2.45, 2.75) is 32.0 Å². The summed E-state index contributed by atoms with van der Waals surface area (Å²) in [4.78, 5) is 22.1. The first-order valence-corrected chi connectivity index (χ1v) is 8.63. The lowest BCUT2D eigenvalue weighted by Gasteiger charge is -2.19. The number of H-pyrrole nitrogens is 1. The minimum atomic E-state index is 0.00291. The van der Waals surface area contributed by atoms with E-state index in [1.54, 1.807) is 0 Å². The Labute approximate surface area is 141 Å². The molecule has 4 rings (SSSR count). The van der Waals surface area contributed by atoms with Crippen molar-refractivity contribution in [3.05, 3.63) is 57.5 Å². The van der Waals surface area contributed by atoms with Crippen molar-refractivity contribution in [1.29, 1.82) is 0 Å². The first-order chi connectivity index (χ1) is 11.8. The summed E-state index contributed by atoms with van der Waals surface area (Å²) in [5.74, 6) is 0.606. The third-order valence-corrected chi connectivity index (χ3v) is 4.81. The molecule has 0 unspecified atom stereocenters. The molecule has 0 saturated carbocycles. The molecule has 1 atom stereocenters. The van der Waals surface area contributed by atoms with Crippen LogP contribution in [0.25, 0.3) is 0 Å². The Kier molecular flexibility index (Phi) is 4.32. The second kappa shape index (κ2) is 6.75. The first-order valence-electron chi connectivity index (χ1n) is 8.63. The van der Waals surface area contributed by atoms with Gasteiger partial charge in [-0.25, -0.2) is 4.98 Å². The number of hydrogen-bond acceptors (Lipinski definition) is 5. The second-order valence-corrected chi connectivity index (χ2v) is 6.62. The van der Waals surface area contributed by atoms with Crippen LogP contribution in [-0.2, 0) is 19.5 Å². The van der Waals surface area contributed by atoms with Gasteiger partial charge in [0, 0.05) is 37.8 Å². The topological polar surface area (TPSA) is 73.0 Å². The molecule has 0 aliphatic carbocycles. The minimum absolute atomic E-state index is 0.00291. The van der Waals surface area contributed by atoms with E-state index in [0.717, 1.165) is 50.3 Å². The highest BCUT2D eigenvalue weighted by molar-refractivity contribution is 5.32. The van der Waals surface area contributed by atoms with Crippen LogP contribution in [0.1, 0.15) is 23.2 Å². The van der Waals surface area contributed by atoms with Gasteiger partial charge in [0.25, 0.3) is 5.56 Å². The number of nitrogens with zero attached hydrogens (tertiary/aromatic N) is 2. The van der Waals surface area contributed by atoms with E-state index in [9.17, 15) is 4.79 Å². The van der Waals surface area contributed by atoms with E-state index in [0.29, 0.717) is 18.5 Å². The molecule has 2 aromatic rings. The van der Waals surface area contributed by atoms with Crippen LogP contribution in [0.2, 0.25) is 0 Å². The normalized spacial score (nSPS) is 20.8. The van der Waals surface area contributed by atoms with E-state index in [-0.39, 0.29) is 5.56 Å². The third kappa shape index (κ3) is 3.34. The van der Waals surface area contributed by atoms with Gasteiger partial charge in [-0.3, -0.25) is 14.7 Å². The van der Waals surface area contributed by atoms with Crippen LogP contribution in [0.15, 0.2) is 35.1 Å². The van der Waals surface area contributed by atoms with E-state index in [4.69, 9.17) is 0 Å². The van der Waals surface area contributed by atoms with Gasteiger partial charge in [0.15, 0.2) is 0 Å². The van der Waals surface area contributed by atoms with Gasteiger partial charge in [-0.2, -0.15) is 0 Å². The second-order valence-electron chi connectivity index (χ2n) is 6.62. The maximum Gasteiger partial charge on any atom is 0.255 e. The van der Waals surface area contributed by atoms with Gasteiger partial charge in [-0.15, -0.1) is 0 Å². The first kappa shape index (κ1) is 15.4. The highest BCUT2D eigenvalue weighted by Gasteiger charge is 2.23. The molecule has 0 amide bonds. The van der Waals surface area contributed by atoms with Crippen molar-refractivity contribution in [2.24, 2.45) is 0 Å². The van der Waals surface area contributed by atoms with E-state index in [1.807, 2.05) is 6.07 Å². The fourth-order valence-electron chi connectivity index (χ4n) is 3.57. The number of benzene rings is 1. The lowest BCUT2D eigenvalue weighted by molar-refractivity contribution is 0.328. The van der Waals surface area contributed by atoms with Crippen LogP contribution < -0.4 is 16.2 Å². The zero-order valence-corrected chi connectivity index (χ0v) is 13.7. The van der Waals surface area contributed by atoms with Crippen LogP contribution in [0.4, 0.5) is 5.95 Å². The molecular weight excluding hydrogens is 302 g/mol. The maximum absolute atomic E-state index is 12.2. The maximum atomic E-state index is 12.2. The van der Waals surface area contributed by atoms with Crippen LogP contribution in [0.3, 0.4) is 0 Å². The van der Waals surface area contributed by atoms with E-state index in [1.165, 1.54) is 5.56 Å². The quantitative estimate of drug-likeness (QED) is 0.785. The number of nitrogens with one attached hydrogen (secondary N) is 3. The zero-order valence-electron chi connectivity index (χ0n) is 13.7. The van der Waals surface area contributed by atoms with Crippen molar-refractivity contribution < 1.29 is 0 Å².